The van der Waals surface area contributed by atoms with Gasteiger partial charge in [0.15, 0.2) is 0 Å². The third-order valence-electron chi connectivity index (χ3n) is 3.70. The Bertz CT molecular complexity index is 418. The van der Waals surface area contributed by atoms with E-state index in [0.717, 1.165) is 6.42 Å². The number of amides is 2. The number of thiol groups is 1. The van der Waals surface area contributed by atoms with Crippen molar-refractivity contribution >= 4 is 30.4 Å². The molecule has 0 aromatic carbocycles. The zero-order valence-electron chi connectivity index (χ0n) is 14.2. The maximum absolute atomic E-state index is 12.3. The van der Waals surface area contributed by atoms with Crippen LogP contribution in [0, 0.1) is 11.8 Å². The van der Waals surface area contributed by atoms with Gasteiger partial charge in [-0.3, -0.25) is 9.59 Å². The molecular weight excluding hydrogens is 318 g/mol. The summed E-state index contributed by atoms with van der Waals surface area (Å²) in [6.07, 6.45) is 1.14. The Kier molecular flexibility index (Phi) is 9.90. The lowest BCUT2D eigenvalue weighted by atomic mass is 9.97. The van der Waals surface area contributed by atoms with Crippen LogP contribution in [-0.4, -0.2) is 46.8 Å². The van der Waals surface area contributed by atoms with Crippen molar-refractivity contribution in [3.05, 3.63) is 0 Å². The molecule has 134 valence electrons. The number of nitrogens with two attached hydrogens (primary N) is 1. The summed E-state index contributed by atoms with van der Waals surface area (Å²) in [5.41, 5.74) is 5.88. The molecule has 0 radical (unpaired) electrons. The summed E-state index contributed by atoms with van der Waals surface area (Å²) in [6.45, 7) is 7.62. The van der Waals surface area contributed by atoms with Crippen molar-refractivity contribution in [2.24, 2.45) is 17.6 Å². The first-order valence-electron chi connectivity index (χ1n) is 7.83. The van der Waals surface area contributed by atoms with Crippen LogP contribution in [0.4, 0.5) is 0 Å². The molecular formula is C15H29N3O4S. The van der Waals surface area contributed by atoms with Gasteiger partial charge in [0.2, 0.25) is 11.8 Å². The van der Waals surface area contributed by atoms with Crippen LogP contribution in [0.2, 0.25) is 0 Å². The highest BCUT2D eigenvalue weighted by Gasteiger charge is 2.29. The fourth-order valence-electron chi connectivity index (χ4n) is 1.94. The molecule has 0 heterocycles. The molecule has 5 N–H and O–H groups in total. The molecule has 8 heteroatoms. The number of aliphatic carboxylic acids is 1. The molecule has 7 nitrogen and oxygen atoms in total. The monoisotopic (exact) mass is 347 g/mol. The van der Waals surface area contributed by atoms with E-state index in [0.29, 0.717) is 6.42 Å². The van der Waals surface area contributed by atoms with Crippen LogP contribution in [0.15, 0.2) is 0 Å². The fraction of sp³-hybridized carbons (Fsp3) is 0.800. The van der Waals surface area contributed by atoms with Crippen LogP contribution in [0.5, 0.6) is 0 Å². The van der Waals surface area contributed by atoms with Gasteiger partial charge >= 0.3 is 5.97 Å². The molecule has 0 unspecified atom stereocenters. The van der Waals surface area contributed by atoms with Crippen molar-refractivity contribution in [3.8, 4) is 0 Å². The summed E-state index contributed by atoms with van der Waals surface area (Å²) in [5, 5.41) is 14.0. The number of carboxylic acid groups (broad SMARTS) is 1. The minimum absolute atomic E-state index is 0.0121. The minimum atomic E-state index is -1.17. The number of nitrogens with one attached hydrogen (secondary N) is 2. The van der Waals surface area contributed by atoms with E-state index in [2.05, 4.69) is 23.3 Å². The first kappa shape index (κ1) is 21.7. The average Bonchev–Trinajstić information content (AvgIpc) is 2.48. The third kappa shape index (κ3) is 7.69. The van der Waals surface area contributed by atoms with E-state index >= 15 is 0 Å². The molecule has 0 saturated heterocycles. The minimum Gasteiger partial charge on any atom is -0.480 e. The number of rotatable bonds is 10. The highest BCUT2D eigenvalue weighted by Crippen LogP contribution is 2.09. The number of hydrogen-bond acceptors (Lipinski definition) is 5. The molecule has 0 aliphatic heterocycles. The Morgan fingerprint density at radius 2 is 1.61 bits per heavy atom. The topological polar surface area (TPSA) is 122 Å². The first-order chi connectivity index (χ1) is 10.6. The molecule has 2 amide bonds. The molecule has 0 saturated carbocycles. The number of carbonyl (C=O) groups is 3. The van der Waals surface area contributed by atoms with Crippen LogP contribution in [-0.2, 0) is 14.4 Å². The van der Waals surface area contributed by atoms with Gasteiger partial charge in [0, 0.05) is 5.75 Å². The van der Waals surface area contributed by atoms with Crippen molar-refractivity contribution < 1.29 is 19.5 Å². The molecule has 0 bridgehead atoms. The lowest BCUT2D eigenvalue weighted by Gasteiger charge is -2.25. The zero-order valence-corrected chi connectivity index (χ0v) is 15.1. The predicted molar refractivity (Wildman–Crippen MR) is 92.2 cm³/mol. The average molecular weight is 347 g/mol. The molecule has 4 atom stereocenters. The van der Waals surface area contributed by atoms with Crippen molar-refractivity contribution in [3.63, 3.8) is 0 Å². The molecule has 0 fully saturated rings. The number of carbonyl (C=O) groups excluding carboxylic acids is 2. The van der Waals surface area contributed by atoms with Gasteiger partial charge in [0.25, 0.3) is 0 Å². The van der Waals surface area contributed by atoms with E-state index in [1.165, 1.54) is 0 Å². The van der Waals surface area contributed by atoms with E-state index in [4.69, 9.17) is 10.8 Å². The van der Waals surface area contributed by atoms with Crippen LogP contribution < -0.4 is 16.4 Å². The number of hydrogen-bond donors (Lipinski definition) is 5. The maximum atomic E-state index is 12.3. The van der Waals surface area contributed by atoms with Gasteiger partial charge in [0.05, 0.1) is 6.04 Å². The van der Waals surface area contributed by atoms with E-state index in [9.17, 15) is 14.4 Å². The highest BCUT2D eigenvalue weighted by atomic mass is 32.1. The van der Waals surface area contributed by atoms with Crippen LogP contribution in [0.25, 0.3) is 0 Å². The standard InChI is InChI=1S/C15H29N3O4S/c1-5-9(4)12(16)14(20)17-10(6-8(2)3)13(19)18-11(7-23)15(21)22/h8-12,23H,5-7,16H2,1-4H3,(H,17,20)(H,18,19)(H,21,22)/t9-,10-,11-,12-/m0/s1. The quantitative estimate of drug-likeness (QED) is 0.366. The SMILES string of the molecule is CC[C@H](C)[C@H](N)C(=O)N[C@@H](CC(C)C)C(=O)N[C@@H](CS)C(=O)O. The Morgan fingerprint density at radius 1 is 1.09 bits per heavy atom. The van der Waals surface area contributed by atoms with E-state index in [1.807, 2.05) is 27.7 Å². The van der Waals surface area contributed by atoms with E-state index < -0.39 is 35.9 Å². The molecule has 0 rings (SSSR count). The summed E-state index contributed by atoms with van der Waals surface area (Å²) in [5.74, 6) is -2.01. The second-order valence-electron chi connectivity index (χ2n) is 6.18. The molecule has 0 aliphatic rings. The third-order valence-corrected chi connectivity index (χ3v) is 4.06. The Hall–Kier alpha value is -1.28. The smallest absolute Gasteiger partial charge is 0.327 e. The molecule has 0 aromatic heterocycles. The first-order valence-corrected chi connectivity index (χ1v) is 8.47. The largest absolute Gasteiger partial charge is 0.480 e. The van der Waals surface area contributed by atoms with E-state index in [1.54, 1.807) is 0 Å². The molecule has 0 aromatic rings. The summed E-state index contributed by atoms with van der Waals surface area (Å²) >= 11 is 3.91. The number of carboxylic acids is 1. The van der Waals surface area contributed by atoms with Gasteiger partial charge in [0.1, 0.15) is 12.1 Å². The summed E-state index contributed by atoms with van der Waals surface area (Å²) in [6, 6.07) is -2.62. The molecule has 0 aliphatic carbocycles. The van der Waals surface area contributed by atoms with Crippen LogP contribution in [0.1, 0.15) is 40.5 Å². The van der Waals surface area contributed by atoms with E-state index in [-0.39, 0.29) is 17.6 Å². The van der Waals surface area contributed by atoms with Gasteiger partial charge in [-0.25, -0.2) is 4.79 Å². The lowest BCUT2D eigenvalue weighted by Crippen LogP contribution is -2.56. The molecule has 0 spiro atoms. The van der Waals surface area contributed by atoms with Crippen molar-refractivity contribution in [1.82, 2.24) is 10.6 Å². The van der Waals surface area contributed by atoms with Gasteiger partial charge in [-0.15, -0.1) is 0 Å². The predicted octanol–water partition coefficient (Wildman–Crippen LogP) is 0.390. The highest BCUT2D eigenvalue weighted by molar-refractivity contribution is 7.80. The Balaban J connectivity index is 4.96. The van der Waals surface area contributed by atoms with Crippen molar-refractivity contribution in [2.45, 2.75) is 58.7 Å². The summed E-state index contributed by atoms with van der Waals surface area (Å²) in [7, 11) is 0. The second-order valence-corrected chi connectivity index (χ2v) is 6.55. The normalized spacial score (nSPS) is 16.3. The summed E-state index contributed by atoms with van der Waals surface area (Å²) < 4.78 is 0. The van der Waals surface area contributed by atoms with Gasteiger partial charge in [-0.1, -0.05) is 34.1 Å². The van der Waals surface area contributed by atoms with Crippen LogP contribution >= 0.6 is 12.6 Å². The van der Waals surface area contributed by atoms with Gasteiger partial charge in [-0.2, -0.15) is 12.6 Å². The van der Waals surface area contributed by atoms with Gasteiger partial charge in [-0.05, 0) is 18.3 Å². The van der Waals surface area contributed by atoms with Crippen molar-refractivity contribution in [2.75, 3.05) is 5.75 Å². The lowest BCUT2D eigenvalue weighted by molar-refractivity contribution is -0.141. The Morgan fingerprint density at radius 3 is 2.00 bits per heavy atom. The zero-order chi connectivity index (χ0) is 18.2. The van der Waals surface area contributed by atoms with Crippen LogP contribution in [0.3, 0.4) is 0 Å². The molecule has 23 heavy (non-hydrogen) atoms. The maximum Gasteiger partial charge on any atom is 0.327 e. The summed E-state index contributed by atoms with van der Waals surface area (Å²) in [4.78, 5) is 35.5. The second kappa shape index (κ2) is 10.5. The Labute approximate surface area is 143 Å². The van der Waals surface area contributed by atoms with Gasteiger partial charge < -0.3 is 21.5 Å². The van der Waals surface area contributed by atoms with Crippen molar-refractivity contribution in [1.29, 1.82) is 0 Å². The fourth-order valence-corrected chi connectivity index (χ4v) is 2.19.